The highest BCUT2D eigenvalue weighted by molar-refractivity contribution is 5.80. The summed E-state index contributed by atoms with van der Waals surface area (Å²) in [5, 5.41) is 9.53. The molecule has 1 aliphatic heterocycles. The van der Waals surface area contributed by atoms with Crippen LogP contribution in [-0.4, -0.2) is 39.7 Å². The van der Waals surface area contributed by atoms with Crippen molar-refractivity contribution < 1.29 is 9.90 Å². The van der Waals surface area contributed by atoms with Crippen LogP contribution < -0.4 is 0 Å². The van der Waals surface area contributed by atoms with E-state index < -0.39 is 0 Å². The monoisotopic (exact) mass is 236 g/mol. The van der Waals surface area contributed by atoms with Gasteiger partial charge in [-0.2, -0.15) is 0 Å². The Morgan fingerprint density at radius 3 is 2.53 bits per heavy atom. The van der Waals surface area contributed by atoms with Crippen LogP contribution in [0.2, 0.25) is 0 Å². The van der Waals surface area contributed by atoms with E-state index in [0.717, 1.165) is 13.0 Å². The minimum absolute atomic E-state index is 0.143. The fraction of sp³-hybridized carbons (Fsp3) is 0.615. The first-order chi connectivity index (χ1) is 8.09. The maximum absolute atomic E-state index is 12.2. The summed E-state index contributed by atoms with van der Waals surface area (Å²) in [6.45, 7) is 5.16. The molecule has 17 heavy (non-hydrogen) atoms. The summed E-state index contributed by atoms with van der Waals surface area (Å²) in [4.78, 5) is 14.1. The van der Waals surface area contributed by atoms with Crippen LogP contribution >= 0.6 is 0 Å². The Bertz CT molecular complexity index is 373. The normalized spacial score (nSPS) is 23.7. The van der Waals surface area contributed by atoms with Gasteiger partial charge in [0.25, 0.3) is 0 Å². The number of hydrogen-bond acceptors (Lipinski definition) is 2. The number of rotatable bonds is 3. The van der Waals surface area contributed by atoms with Crippen molar-refractivity contribution in [2.45, 2.75) is 32.4 Å². The molecule has 1 N–H and O–H groups in total. The lowest BCUT2D eigenvalue weighted by Gasteiger charge is -2.22. The van der Waals surface area contributed by atoms with Crippen molar-refractivity contribution >= 4 is 5.91 Å². The Kier molecular flexibility index (Phi) is 3.52. The number of amides is 1. The smallest absolute Gasteiger partial charge is 0.245 e. The fourth-order valence-corrected chi connectivity index (χ4v) is 2.38. The van der Waals surface area contributed by atoms with Gasteiger partial charge in [-0.05, 0) is 32.4 Å². The van der Waals surface area contributed by atoms with Crippen LogP contribution in [-0.2, 0) is 4.79 Å². The van der Waals surface area contributed by atoms with E-state index in [0.29, 0.717) is 6.54 Å². The molecule has 0 radical (unpaired) electrons. The SMILES string of the molecule is CC(O)C1CCN(C(=O)C(C)n2cccc2)C1. The molecule has 0 bridgehead atoms. The number of nitrogens with zero attached hydrogens (tertiary/aromatic N) is 2. The molecule has 1 fully saturated rings. The summed E-state index contributed by atoms with van der Waals surface area (Å²) < 4.78 is 1.91. The minimum atomic E-state index is -0.324. The van der Waals surface area contributed by atoms with Gasteiger partial charge in [-0.25, -0.2) is 0 Å². The Hall–Kier alpha value is -1.29. The highest BCUT2D eigenvalue weighted by Crippen LogP contribution is 2.22. The molecule has 4 nitrogen and oxygen atoms in total. The van der Waals surface area contributed by atoms with Crippen LogP contribution in [0, 0.1) is 5.92 Å². The predicted molar refractivity (Wildman–Crippen MR) is 65.5 cm³/mol. The van der Waals surface area contributed by atoms with Gasteiger partial charge in [-0.15, -0.1) is 0 Å². The van der Waals surface area contributed by atoms with E-state index in [4.69, 9.17) is 0 Å². The van der Waals surface area contributed by atoms with E-state index in [1.54, 1.807) is 6.92 Å². The average Bonchev–Trinajstić information content (AvgIpc) is 2.97. The van der Waals surface area contributed by atoms with E-state index in [1.165, 1.54) is 0 Å². The van der Waals surface area contributed by atoms with Crippen molar-refractivity contribution in [2.24, 2.45) is 5.92 Å². The second-order valence-electron chi connectivity index (χ2n) is 4.88. The summed E-state index contributed by atoms with van der Waals surface area (Å²) >= 11 is 0. The summed E-state index contributed by atoms with van der Waals surface area (Å²) in [5.74, 6) is 0.375. The van der Waals surface area contributed by atoms with Crippen molar-refractivity contribution in [3.63, 3.8) is 0 Å². The number of aliphatic hydroxyl groups is 1. The lowest BCUT2D eigenvalue weighted by atomic mass is 10.0. The van der Waals surface area contributed by atoms with Crippen LogP contribution in [0.4, 0.5) is 0 Å². The van der Waals surface area contributed by atoms with E-state index >= 15 is 0 Å². The molecular weight excluding hydrogens is 216 g/mol. The Morgan fingerprint density at radius 2 is 2.00 bits per heavy atom. The van der Waals surface area contributed by atoms with E-state index in [2.05, 4.69) is 0 Å². The molecule has 1 aliphatic rings. The molecule has 0 spiro atoms. The summed E-state index contributed by atoms with van der Waals surface area (Å²) in [6.07, 6.45) is 4.40. The molecule has 2 heterocycles. The average molecular weight is 236 g/mol. The van der Waals surface area contributed by atoms with Gasteiger partial charge >= 0.3 is 0 Å². The summed E-state index contributed by atoms with van der Waals surface area (Å²) in [6, 6.07) is 3.69. The molecule has 1 aromatic rings. The Balaban J connectivity index is 1.97. The van der Waals surface area contributed by atoms with E-state index in [-0.39, 0.29) is 24.0 Å². The molecule has 3 unspecified atom stereocenters. The molecule has 1 aromatic heterocycles. The van der Waals surface area contributed by atoms with Gasteiger partial charge in [0, 0.05) is 31.4 Å². The zero-order valence-corrected chi connectivity index (χ0v) is 10.4. The van der Waals surface area contributed by atoms with Gasteiger partial charge < -0.3 is 14.6 Å². The Morgan fingerprint density at radius 1 is 1.35 bits per heavy atom. The number of carbonyl (C=O) groups is 1. The molecule has 0 saturated carbocycles. The third-order valence-corrected chi connectivity index (χ3v) is 3.65. The maximum Gasteiger partial charge on any atom is 0.245 e. The van der Waals surface area contributed by atoms with Gasteiger partial charge in [0.15, 0.2) is 0 Å². The minimum Gasteiger partial charge on any atom is -0.393 e. The third kappa shape index (κ3) is 2.52. The largest absolute Gasteiger partial charge is 0.393 e. The fourth-order valence-electron chi connectivity index (χ4n) is 2.38. The predicted octanol–water partition coefficient (Wildman–Crippen LogP) is 1.28. The van der Waals surface area contributed by atoms with Gasteiger partial charge in [0.1, 0.15) is 6.04 Å². The standard InChI is InChI=1S/C13H20N2O2/c1-10(14-6-3-4-7-14)13(17)15-8-5-12(9-15)11(2)16/h3-4,6-7,10-12,16H,5,8-9H2,1-2H3. The van der Waals surface area contributed by atoms with E-state index in [9.17, 15) is 9.90 Å². The van der Waals surface area contributed by atoms with Crippen LogP contribution in [0.1, 0.15) is 26.3 Å². The zero-order valence-electron chi connectivity index (χ0n) is 10.4. The molecular formula is C13H20N2O2. The maximum atomic E-state index is 12.2. The Labute approximate surface area is 102 Å². The zero-order chi connectivity index (χ0) is 12.4. The van der Waals surface area contributed by atoms with Crippen molar-refractivity contribution in [2.75, 3.05) is 13.1 Å². The van der Waals surface area contributed by atoms with E-state index in [1.807, 2.05) is 40.9 Å². The van der Waals surface area contributed by atoms with Gasteiger partial charge in [0.2, 0.25) is 5.91 Å². The molecule has 3 atom stereocenters. The molecule has 0 aromatic carbocycles. The number of hydrogen-bond donors (Lipinski definition) is 1. The number of carbonyl (C=O) groups excluding carboxylic acids is 1. The number of aromatic nitrogens is 1. The van der Waals surface area contributed by atoms with Gasteiger partial charge in [-0.1, -0.05) is 0 Å². The quantitative estimate of drug-likeness (QED) is 0.859. The topological polar surface area (TPSA) is 45.5 Å². The van der Waals surface area contributed by atoms with Crippen LogP contribution in [0.15, 0.2) is 24.5 Å². The van der Waals surface area contributed by atoms with Gasteiger partial charge in [-0.3, -0.25) is 4.79 Å². The lowest BCUT2D eigenvalue weighted by Crippen LogP contribution is -2.35. The van der Waals surface area contributed by atoms with Crippen LogP contribution in [0.3, 0.4) is 0 Å². The lowest BCUT2D eigenvalue weighted by molar-refractivity contribution is -0.133. The molecule has 1 saturated heterocycles. The molecule has 4 heteroatoms. The number of likely N-dealkylation sites (tertiary alicyclic amines) is 1. The van der Waals surface area contributed by atoms with Gasteiger partial charge in [0.05, 0.1) is 6.10 Å². The highest BCUT2D eigenvalue weighted by atomic mass is 16.3. The molecule has 2 rings (SSSR count). The van der Waals surface area contributed by atoms with Crippen molar-refractivity contribution in [3.05, 3.63) is 24.5 Å². The highest BCUT2D eigenvalue weighted by Gasteiger charge is 2.31. The second-order valence-corrected chi connectivity index (χ2v) is 4.88. The third-order valence-electron chi connectivity index (χ3n) is 3.65. The first-order valence-electron chi connectivity index (χ1n) is 6.19. The van der Waals surface area contributed by atoms with Crippen molar-refractivity contribution in [1.82, 2.24) is 9.47 Å². The first kappa shape index (κ1) is 12.2. The summed E-state index contributed by atoms with van der Waals surface area (Å²) in [5.41, 5.74) is 0. The molecule has 0 aliphatic carbocycles. The van der Waals surface area contributed by atoms with Crippen molar-refractivity contribution in [3.8, 4) is 0 Å². The summed E-state index contributed by atoms with van der Waals surface area (Å²) in [7, 11) is 0. The second kappa shape index (κ2) is 4.92. The first-order valence-corrected chi connectivity index (χ1v) is 6.19. The van der Waals surface area contributed by atoms with Crippen LogP contribution in [0.5, 0.6) is 0 Å². The van der Waals surface area contributed by atoms with Crippen molar-refractivity contribution in [1.29, 1.82) is 0 Å². The van der Waals surface area contributed by atoms with Crippen LogP contribution in [0.25, 0.3) is 0 Å². The molecule has 1 amide bonds. The number of aliphatic hydroxyl groups excluding tert-OH is 1. The molecule has 94 valence electrons.